The van der Waals surface area contributed by atoms with Crippen molar-refractivity contribution in [2.75, 3.05) is 5.75 Å². The van der Waals surface area contributed by atoms with Crippen LogP contribution in [0.15, 0.2) is 64.6 Å². The first-order valence-electron chi connectivity index (χ1n) is 9.70. The Morgan fingerprint density at radius 3 is 2.69 bits per heavy atom. The van der Waals surface area contributed by atoms with Crippen LogP contribution < -0.4 is 5.32 Å². The molecule has 148 valence electrons. The molecule has 7 heteroatoms. The number of nitrogens with zero attached hydrogens (tertiary/aromatic N) is 3. The molecule has 29 heavy (non-hydrogen) atoms. The Morgan fingerprint density at radius 1 is 1.14 bits per heavy atom. The van der Waals surface area contributed by atoms with Gasteiger partial charge in [0, 0.05) is 12.1 Å². The van der Waals surface area contributed by atoms with E-state index in [2.05, 4.69) is 15.3 Å². The van der Waals surface area contributed by atoms with Crippen molar-refractivity contribution < 1.29 is 9.59 Å². The second kappa shape index (κ2) is 8.61. The van der Waals surface area contributed by atoms with Gasteiger partial charge < -0.3 is 5.32 Å². The summed E-state index contributed by atoms with van der Waals surface area (Å²) in [6.07, 6.45) is 1.58. The molecular formula is C22H22N4O2S. The van der Waals surface area contributed by atoms with Crippen LogP contribution in [0.25, 0.3) is 0 Å². The smallest absolute Gasteiger partial charge is 0.259 e. The van der Waals surface area contributed by atoms with Crippen molar-refractivity contribution in [1.29, 1.82) is 0 Å². The van der Waals surface area contributed by atoms with E-state index in [4.69, 9.17) is 0 Å². The number of fused-ring (bicyclic) bond motifs is 3. The van der Waals surface area contributed by atoms with Gasteiger partial charge in [-0.15, -0.1) is 0 Å². The fourth-order valence-electron chi connectivity index (χ4n) is 3.34. The summed E-state index contributed by atoms with van der Waals surface area (Å²) >= 11 is 1.27. The van der Waals surface area contributed by atoms with E-state index < -0.39 is 0 Å². The first-order valence-corrected chi connectivity index (χ1v) is 10.7. The number of nitrogens with one attached hydrogen (secondary N) is 1. The molecular weight excluding hydrogens is 384 g/mol. The average molecular weight is 407 g/mol. The zero-order chi connectivity index (χ0) is 20.2. The number of hydrogen-bond acceptors (Lipinski definition) is 5. The lowest BCUT2D eigenvalue weighted by Crippen LogP contribution is -2.41. The highest BCUT2D eigenvalue weighted by molar-refractivity contribution is 8.14. The Balaban J connectivity index is 1.48. The number of carbonyl (C=O) groups excluding carboxylic acids is 2. The zero-order valence-electron chi connectivity index (χ0n) is 16.2. The maximum Gasteiger partial charge on any atom is 0.259 e. The first kappa shape index (κ1) is 19.4. The van der Waals surface area contributed by atoms with Crippen molar-refractivity contribution in [2.45, 2.75) is 32.4 Å². The number of amides is 2. The molecule has 0 saturated heterocycles. The maximum atomic E-state index is 12.9. The topological polar surface area (TPSA) is 74.1 Å². The van der Waals surface area contributed by atoms with Crippen LogP contribution in [0.2, 0.25) is 0 Å². The standard InChI is InChI=1S/C22H22N4O2S/c1-2-8-18-21(28)26-20(24-18)16-11-6-7-12-17(16)25-22(26)29-14-19(27)23-13-15-9-4-3-5-10-15/h3-7,9-12,18H,2,8,13-14H2,1H3,(H,23,27)/t18-/m0/s1. The number of benzene rings is 2. The Hall–Kier alpha value is -2.93. The van der Waals surface area contributed by atoms with Crippen molar-refractivity contribution in [3.05, 3.63) is 65.7 Å². The van der Waals surface area contributed by atoms with Crippen molar-refractivity contribution in [1.82, 2.24) is 10.2 Å². The van der Waals surface area contributed by atoms with Crippen LogP contribution in [-0.2, 0) is 16.1 Å². The second-order valence-corrected chi connectivity index (χ2v) is 7.84. The van der Waals surface area contributed by atoms with Gasteiger partial charge in [-0.05, 0) is 24.1 Å². The third-order valence-corrected chi connectivity index (χ3v) is 5.71. The summed E-state index contributed by atoms with van der Waals surface area (Å²) in [7, 11) is 0. The molecule has 0 spiro atoms. The number of carbonyl (C=O) groups is 2. The zero-order valence-corrected chi connectivity index (χ0v) is 17.0. The molecule has 4 rings (SSSR count). The lowest BCUT2D eigenvalue weighted by molar-refractivity contribution is -0.124. The molecule has 6 nitrogen and oxygen atoms in total. The molecule has 2 aromatic carbocycles. The lowest BCUT2D eigenvalue weighted by atomic mass is 10.1. The van der Waals surface area contributed by atoms with Crippen LogP contribution in [0, 0.1) is 0 Å². The second-order valence-electron chi connectivity index (χ2n) is 6.89. The lowest BCUT2D eigenvalue weighted by Gasteiger charge is -2.25. The Bertz CT molecular complexity index is 987. The molecule has 0 saturated carbocycles. The van der Waals surface area contributed by atoms with Crippen LogP contribution in [0.3, 0.4) is 0 Å². The van der Waals surface area contributed by atoms with Gasteiger partial charge in [-0.2, -0.15) is 0 Å². The van der Waals surface area contributed by atoms with E-state index in [9.17, 15) is 9.59 Å². The van der Waals surface area contributed by atoms with E-state index in [1.54, 1.807) is 4.90 Å². The molecule has 2 aromatic rings. The van der Waals surface area contributed by atoms with E-state index >= 15 is 0 Å². The molecule has 1 N–H and O–H groups in total. The summed E-state index contributed by atoms with van der Waals surface area (Å²) in [5.74, 6) is 0.665. The van der Waals surface area contributed by atoms with Gasteiger partial charge in [0.25, 0.3) is 5.91 Å². The van der Waals surface area contributed by atoms with Gasteiger partial charge >= 0.3 is 0 Å². The molecule has 2 aliphatic heterocycles. The number of thioether (sulfide) groups is 1. The Kier molecular flexibility index (Phi) is 5.76. The summed E-state index contributed by atoms with van der Waals surface area (Å²) in [6.45, 7) is 2.52. The van der Waals surface area contributed by atoms with E-state index in [0.717, 1.165) is 23.2 Å². The quantitative estimate of drug-likeness (QED) is 0.798. The van der Waals surface area contributed by atoms with Crippen LogP contribution >= 0.6 is 11.8 Å². The molecule has 0 radical (unpaired) electrons. The number of para-hydroxylation sites is 1. The predicted octanol–water partition coefficient (Wildman–Crippen LogP) is 3.49. The summed E-state index contributed by atoms with van der Waals surface area (Å²) in [4.78, 5) is 36.1. The molecule has 2 amide bonds. The van der Waals surface area contributed by atoms with Crippen molar-refractivity contribution in [3.63, 3.8) is 0 Å². The summed E-state index contributed by atoms with van der Waals surface area (Å²) in [5.41, 5.74) is 2.68. The fraction of sp³-hybridized carbons (Fsp3) is 0.273. The van der Waals surface area contributed by atoms with E-state index in [-0.39, 0.29) is 23.6 Å². The number of aliphatic imine (C=N–C) groups is 2. The fourth-order valence-corrected chi connectivity index (χ4v) is 4.17. The number of rotatable bonds is 6. The highest BCUT2D eigenvalue weighted by atomic mass is 32.2. The minimum atomic E-state index is -0.376. The molecule has 0 aliphatic carbocycles. The molecule has 0 aromatic heterocycles. The SMILES string of the molecule is CCC[C@@H]1N=C2c3ccccc3N=C(SCC(=O)NCc3ccccc3)N2C1=O. The molecule has 1 atom stereocenters. The maximum absolute atomic E-state index is 12.9. The van der Waals surface area contributed by atoms with Crippen LogP contribution in [-0.4, -0.2) is 39.5 Å². The predicted molar refractivity (Wildman–Crippen MR) is 116 cm³/mol. The van der Waals surface area contributed by atoms with Crippen molar-refractivity contribution >= 4 is 40.3 Å². The largest absolute Gasteiger partial charge is 0.351 e. The molecule has 0 bridgehead atoms. The van der Waals surface area contributed by atoms with Crippen LogP contribution in [0.5, 0.6) is 0 Å². The third-order valence-electron chi connectivity index (χ3n) is 4.77. The van der Waals surface area contributed by atoms with Crippen molar-refractivity contribution in [3.8, 4) is 0 Å². The highest BCUT2D eigenvalue weighted by Crippen LogP contribution is 2.34. The Labute approximate surface area is 174 Å². The van der Waals surface area contributed by atoms with E-state index in [1.807, 2.05) is 61.5 Å². The minimum absolute atomic E-state index is 0.0627. The summed E-state index contributed by atoms with van der Waals surface area (Å²) in [6, 6.07) is 17.0. The first-order chi connectivity index (χ1) is 14.2. The minimum Gasteiger partial charge on any atom is -0.351 e. The van der Waals surface area contributed by atoms with Gasteiger partial charge in [-0.3, -0.25) is 14.6 Å². The van der Waals surface area contributed by atoms with Crippen LogP contribution in [0.4, 0.5) is 5.69 Å². The number of amidine groups is 2. The van der Waals surface area contributed by atoms with E-state index in [0.29, 0.717) is 24.0 Å². The third kappa shape index (κ3) is 4.10. The van der Waals surface area contributed by atoms with E-state index in [1.165, 1.54) is 11.8 Å². The summed E-state index contributed by atoms with van der Waals surface area (Å²) in [5, 5.41) is 3.42. The molecule has 0 unspecified atom stereocenters. The van der Waals surface area contributed by atoms with Gasteiger partial charge in [-0.1, -0.05) is 67.6 Å². The van der Waals surface area contributed by atoms with Gasteiger partial charge in [0.15, 0.2) is 5.17 Å². The van der Waals surface area contributed by atoms with Gasteiger partial charge in [0.2, 0.25) is 5.91 Å². The monoisotopic (exact) mass is 406 g/mol. The van der Waals surface area contributed by atoms with Gasteiger partial charge in [0.05, 0.1) is 11.4 Å². The Morgan fingerprint density at radius 2 is 1.90 bits per heavy atom. The number of hydrogen-bond donors (Lipinski definition) is 1. The highest BCUT2D eigenvalue weighted by Gasteiger charge is 2.40. The van der Waals surface area contributed by atoms with Gasteiger partial charge in [-0.25, -0.2) is 9.89 Å². The molecule has 2 aliphatic rings. The van der Waals surface area contributed by atoms with Gasteiger partial charge in [0.1, 0.15) is 11.9 Å². The average Bonchev–Trinajstić information content (AvgIpc) is 3.08. The normalized spacial score (nSPS) is 17.3. The van der Waals surface area contributed by atoms with Crippen molar-refractivity contribution in [2.24, 2.45) is 9.98 Å². The summed E-state index contributed by atoms with van der Waals surface area (Å²) < 4.78 is 0. The molecule has 2 heterocycles. The molecule has 0 fully saturated rings. The van der Waals surface area contributed by atoms with Crippen LogP contribution in [0.1, 0.15) is 30.9 Å².